The Morgan fingerprint density at radius 1 is 1.24 bits per heavy atom. The normalized spacial score (nSPS) is 11.0. The van der Waals surface area contributed by atoms with Gasteiger partial charge in [0.05, 0.1) is 14.8 Å². The largest absolute Gasteiger partial charge is 0.452 e. The first-order chi connectivity index (χ1) is 8.15. The minimum absolute atomic E-state index is 0.747. The maximum atomic E-state index is 5.47. The van der Waals surface area contributed by atoms with Crippen molar-refractivity contribution in [2.24, 2.45) is 0 Å². The lowest BCUT2D eigenvalue weighted by Crippen LogP contribution is -2.15. The highest BCUT2D eigenvalue weighted by molar-refractivity contribution is 9.13. The van der Waals surface area contributed by atoms with Crippen LogP contribution < -0.4 is 5.32 Å². The van der Waals surface area contributed by atoms with Gasteiger partial charge in [-0.05, 0) is 72.4 Å². The van der Waals surface area contributed by atoms with Crippen molar-refractivity contribution in [2.45, 2.75) is 13.0 Å². The summed E-state index contributed by atoms with van der Waals surface area (Å²) in [5.41, 5.74) is 0. The summed E-state index contributed by atoms with van der Waals surface area (Å²) in [6.07, 6.45) is 1.04. The molecule has 0 fully saturated rings. The average molecular weight is 444 g/mol. The predicted molar refractivity (Wildman–Crippen MR) is 81.5 cm³/mol. The van der Waals surface area contributed by atoms with E-state index in [1.807, 2.05) is 6.07 Å². The number of furan rings is 1. The highest BCUT2D eigenvalue weighted by atomic mass is 79.9. The molecule has 0 saturated carbocycles. The van der Waals surface area contributed by atoms with Crippen LogP contribution in [0, 0.1) is 0 Å². The predicted octanol–water partition coefficient (Wildman–Crippen LogP) is 4.96. The molecular formula is C11H10Br3NOS. The maximum Gasteiger partial charge on any atom is 0.183 e. The van der Waals surface area contributed by atoms with Crippen molar-refractivity contribution in [3.05, 3.63) is 41.8 Å². The molecule has 2 rings (SSSR count). The molecule has 2 heterocycles. The molecule has 0 aliphatic carbocycles. The number of nitrogens with one attached hydrogen (secondary N) is 1. The fourth-order valence-corrected chi connectivity index (χ4v) is 3.53. The zero-order valence-corrected chi connectivity index (χ0v) is 14.4. The summed E-state index contributed by atoms with van der Waals surface area (Å²) < 4.78 is 8.36. The quantitative estimate of drug-likeness (QED) is 0.660. The van der Waals surface area contributed by atoms with E-state index >= 15 is 0 Å². The fraction of sp³-hybridized carbons (Fsp3) is 0.273. The summed E-state index contributed by atoms with van der Waals surface area (Å²) >= 11 is 12.0. The van der Waals surface area contributed by atoms with Crippen LogP contribution in [0.25, 0.3) is 0 Å². The Morgan fingerprint density at radius 3 is 2.65 bits per heavy atom. The molecule has 0 aromatic carbocycles. The van der Waals surface area contributed by atoms with Gasteiger partial charge in [-0.3, -0.25) is 0 Å². The van der Waals surface area contributed by atoms with Gasteiger partial charge in [0.1, 0.15) is 5.76 Å². The Balaban J connectivity index is 1.73. The van der Waals surface area contributed by atoms with E-state index in [-0.39, 0.29) is 0 Å². The van der Waals surface area contributed by atoms with Gasteiger partial charge in [0, 0.05) is 11.4 Å². The number of hydrogen-bond donors (Lipinski definition) is 1. The van der Waals surface area contributed by atoms with Crippen LogP contribution in [0.3, 0.4) is 0 Å². The van der Waals surface area contributed by atoms with E-state index < -0.39 is 0 Å². The number of hydrogen-bond acceptors (Lipinski definition) is 3. The molecule has 0 aliphatic heterocycles. The summed E-state index contributed by atoms with van der Waals surface area (Å²) in [4.78, 5) is 1.38. The summed E-state index contributed by atoms with van der Waals surface area (Å²) in [5, 5.41) is 3.36. The van der Waals surface area contributed by atoms with E-state index in [1.165, 1.54) is 8.66 Å². The molecule has 2 aromatic heterocycles. The van der Waals surface area contributed by atoms with Gasteiger partial charge in [-0.15, -0.1) is 11.3 Å². The minimum Gasteiger partial charge on any atom is -0.452 e. The molecule has 0 amide bonds. The lowest BCUT2D eigenvalue weighted by Gasteiger charge is -2.00. The molecule has 17 heavy (non-hydrogen) atoms. The Hall–Kier alpha value is 0.380. The van der Waals surface area contributed by atoms with Crippen molar-refractivity contribution >= 4 is 59.1 Å². The number of rotatable bonds is 5. The van der Waals surface area contributed by atoms with Gasteiger partial charge in [-0.25, -0.2) is 0 Å². The zero-order valence-electron chi connectivity index (χ0n) is 8.80. The van der Waals surface area contributed by atoms with E-state index in [0.717, 1.165) is 34.4 Å². The molecule has 0 bridgehead atoms. The van der Waals surface area contributed by atoms with Crippen molar-refractivity contribution in [3.63, 3.8) is 0 Å². The van der Waals surface area contributed by atoms with Crippen molar-refractivity contribution in [3.8, 4) is 0 Å². The molecule has 0 saturated heterocycles. The van der Waals surface area contributed by atoms with E-state index in [0.29, 0.717) is 0 Å². The highest BCUT2D eigenvalue weighted by Gasteiger charge is 2.05. The first-order valence-corrected chi connectivity index (χ1v) is 8.23. The third-order valence-electron chi connectivity index (χ3n) is 2.17. The van der Waals surface area contributed by atoms with Crippen LogP contribution in [-0.2, 0) is 13.0 Å². The van der Waals surface area contributed by atoms with E-state index in [1.54, 1.807) is 11.3 Å². The Bertz CT molecular complexity index is 475. The van der Waals surface area contributed by atoms with Gasteiger partial charge in [0.2, 0.25) is 0 Å². The molecule has 1 N–H and O–H groups in total. The molecule has 0 unspecified atom stereocenters. The van der Waals surface area contributed by atoms with Gasteiger partial charge in [0.15, 0.2) is 4.67 Å². The van der Waals surface area contributed by atoms with Crippen molar-refractivity contribution < 1.29 is 4.42 Å². The maximum absolute atomic E-state index is 5.47. The van der Waals surface area contributed by atoms with Crippen LogP contribution in [0.4, 0.5) is 0 Å². The van der Waals surface area contributed by atoms with Crippen molar-refractivity contribution in [1.82, 2.24) is 5.32 Å². The lowest BCUT2D eigenvalue weighted by atomic mass is 10.3. The van der Waals surface area contributed by atoms with Crippen LogP contribution in [0.15, 0.2) is 35.5 Å². The molecular weight excluding hydrogens is 434 g/mol. The zero-order chi connectivity index (χ0) is 12.3. The molecule has 2 nitrogen and oxygen atoms in total. The van der Waals surface area contributed by atoms with Crippen molar-refractivity contribution in [1.29, 1.82) is 0 Å². The molecule has 92 valence electrons. The second-order valence-corrected chi connectivity index (χ2v) is 7.59. The number of thiophene rings is 1. The molecule has 0 aliphatic rings. The van der Waals surface area contributed by atoms with Gasteiger partial charge >= 0.3 is 0 Å². The first kappa shape index (κ1) is 13.8. The molecule has 0 spiro atoms. The van der Waals surface area contributed by atoms with Crippen molar-refractivity contribution in [2.75, 3.05) is 6.54 Å². The Labute approximate surface area is 129 Å². The molecule has 0 radical (unpaired) electrons. The first-order valence-electron chi connectivity index (χ1n) is 5.04. The van der Waals surface area contributed by atoms with Gasteiger partial charge in [-0.1, -0.05) is 0 Å². The van der Waals surface area contributed by atoms with Gasteiger partial charge < -0.3 is 9.73 Å². The smallest absolute Gasteiger partial charge is 0.183 e. The Morgan fingerprint density at radius 2 is 2.06 bits per heavy atom. The summed E-state index contributed by atoms with van der Waals surface area (Å²) in [6.45, 7) is 1.69. The molecule has 6 heteroatoms. The molecule has 2 aromatic rings. The van der Waals surface area contributed by atoms with Crippen LogP contribution >= 0.6 is 59.1 Å². The highest BCUT2D eigenvalue weighted by Crippen LogP contribution is 2.26. The molecule has 0 atom stereocenters. The van der Waals surface area contributed by atoms with Crippen LogP contribution in [0.5, 0.6) is 0 Å². The summed E-state index contributed by atoms with van der Waals surface area (Å²) in [5.74, 6) is 0.927. The SMILES string of the molecule is Brc1ccc(CCNCc2cc(Br)c(Br)o2)s1. The third-order valence-corrected chi connectivity index (χ3v) is 5.57. The Kier molecular flexibility index (Phi) is 5.29. The lowest BCUT2D eigenvalue weighted by molar-refractivity contribution is 0.466. The monoisotopic (exact) mass is 441 g/mol. The standard InChI is InChI=1S/C11H10Br3NOS/c12-9-5-7(16-11(9)14)6-15-4-3-8-1-2-10(13)17-8/h1-2,5,15H,3-4,6H2. The summed E-state index contributed by atoms with van der Waals surface area (Å²) in [6, 6.07) is 6.20. The minimum atomic E-state index is 0.747. The second kappa shape index (κ2) is 6.52. The second-order valence-electron chi connectivity index (χ2n) is 3.47. The van der Waals surface area contributed by atoms with Gasteiger partial charge in [0.25, 0.3) is 0 Å². The van der Waals surface area contributed by atoms with E-state index in [9.17, 15) is 0 Å². The van der Waals surface area contributed by atoms with E-state index in [4.69, 9.17) is 4.42 Å². The van der Waals surface area contributed by atoms with Gasteiger partial charge in [-0.2, -0.15) is 0 Å². The van der Waals surface area contributed by atoms with Crippen LogP contribution in [0.1, 0.15) is 10.6 Å². The average Bonchev–Trinajstić information content (AvgIpc) is 2.82. The summed E-state index contributed by atoms with van der Waals surface area (Å²) in [7, 11) is 0. The fourth-order valence-electron chi connectivity index (χ4n) is 1.39. The van der Waals surface area contributed by atoms with Crippen LogP contribution in [0.2, 0.25) is 0 Å². The van der Waals surface area contributed by atoms with E-state index in [2.05, 4.69) is 65.2 Å². The van der Waals surface area contributed by atoms with Crippen LogP contribution in [-0.4, -0.2) is 6.54 Å². The topological polar surface area (TPSA) is 25.2 Å². The number of halogens is 3. The third kappa shape index (κ3) is 4.21.